The zero-order valence-corrected chi connectivity index (χ0v) is 9.88. The van der Waals surface area contributed by atoms with Crippen LogP contribution in [0, 0.1) is 0 Å². The topological polar surface area (TPSA) is 18.5 Å². The first-order chi connectivity index (χ1) is 6.36. The van der Waals surface area contributed by atoms with Crippen molar-refractivity contribution in [2.75, 3.05) is 18.5 Å². The van der Waals surface area contributed by atoms with E-state index in [9.17, 15) is 0 Å². The third-order valence-corrected chi connectivity index (χ3v) is 3.06. The first-order valence-electron chi connectivity index (χ1n) is 5.16. The Bertz CT molecular complexity index is 119. The molecule has 0 aromatic heterocycles. The van der Waals surface area contributed by atoms with Gasteiger partial charge in [-0.3, -0.25) is 0 Å². The molecule has 0 saturated carbocycles. The number of alkyl halides is 1. The van der Waals surface area contributed by atoms with Crippen LogP contribution in [0.4, 0.5) is 0 Å². The van der Waals surface area contributed by atoms with Gasteiger partial charge in [-0.05, 0) is 6.42 Å². The SMILES string of the molecule is CCCCC[C@H]1CO[C@H](CBr)CO1. The Morgan fingerprint density at radius 1 is 1.15 bits per heavy atom. The van der Waals surface area contributed by atoms with Gasteiger partial charge in [0.05, 0.1) is 25.4 Å². The number of unbranched alkanes of at least 4 members (excludes halogenated alkanes) is 2. The van der Waals surface area contributed by atoms with Crippen molar-refractivity contribution in [2.24, 2.45) is 0 Å². The highest BCUT2D eigenvalue weighted by Gasteiger charge is 2.20. The first-order valence-corrected chi connectivity index (χ1v) is 6.28. The summed E-state index contributed by atoms with van der Waals surface area (Å²) in [6.07, 6.45) is 5.62. The van der Waals surface area contributed by atoms with E-state index in [-0.39, 0.29) is 6.10 Å². The molecule has 0 radical (unpaired) electrons. The lowest BCUT2D eigenvalue weighted by atomic mass is 10.1. The smallest absolute Gasteiger partial charge is 0.0906 e. The van der Waals surface area contributed by atoms with E-state index in [1.54, 1.807) is 0 Å². The zero-order valence-electron chi connectivity index (χ0n) is 8.30. The molecule has 0 N–H and O–H groups in total. The van der Waals surface area contributed by atoms with E-state index in [0.29, 0.717) is 6.10 Å². The maximum Gasteiger partial charge on any atom is 0.0906 e. The second-order valence-corrected chi connectivity index (χ2v) is 4.21. The van der Waals surface area contributed by atoms with Crippen LogP contribution in [0.15, 0.2) is 0 Å². The summed E-state index contributed by atoms with van der Waals surface area (Å²) in [5, 5.41) is 0.884. The van der Waals surface area contributed by atoms with Gasteiger partial charge in [-0.15, -0.1) is 0 Å². The number of rotatable bonds is 5. The van der Waals surface area contributed by atoms with Crippen LogP contribution in [-0.2, 0) is 9.47 Å². The minimum Gasteiger partial charge on any atom is -0.373 e. The molecule has 13 heavy (non-hydrogen) atoms. The van der Waals surface area contributed by atoms with Gasteiger partial charge in [0, 0.05) is 5.33 Å². The molecule has 0 aromatic carbocycles. The normalized spacial score (nSPS) is 29.1. The maximum absolute atomic E-state index is 5.67. The minimum atomic E-state index is 0.266. The van der Waals surface area contributed by atoms with E-state index in [0.717, 1.165) is 25.0 Å². The van der Waals surface area contributed by atoms with Gasteiger partial charge in [0.15, 0.2) is 0 Å². The molecule has 1 saturated heterocycles. The molecular formula is C10H19BrO2. The third kappa shape index (κ3) is 4.43. The van der Waals surface area contributed by atoms with Gasteiger partial charge < -0.3 is 9.47 Å². The van der Waals surface area contributed by atoms with E-state index in [1.807, 2.05) is 0 Å². The average Bonchev–Trinajstić information content (AvgIpc) is 2.19. The van der Waals surface area contributed by atoms with Crippen LogP contribution in [0.25, 0.3) is 0 Å². The summed E-state index contributed by atoms with van der Waals surface area (Å²) in [6.45, 7) is 3.75. The summed E-state index contributed by atoms with van der Waals surface area (Å²) >= 11 is 3.39. The maximum atomic E-state index is 5.67. The molecule has 0 unspecified atom stereocenters. The Kier molecular flexibility index (Phi) is 6.00. The van der Waals surface area contributed by atoms with Crippen molar-refractivity contribution in [3.8, 4) is 0 Å². The summed E-state index contributed by atoms with van der Waals surface area (Å²) in [5.41, 5.74) is 0. The highest BCUT2D eigenvalue weighted by molar-refractivity contribution is 9.09. The Morgan fingerprint density at radius 2 is 1.85 bits per heavy atom. The Labute approximate surface area is 89.1 Å². The van der Waals surface area contributed by atoms with E-state index in [1.165, 1.54) is 19.3 Å². The average molecular weight is 251 g/mol. The van der Waals surface area contributed by atoms with Crippen LogP contribution in [0.2, 0.25) is 0 Å². The molecule has 0 bridgehead atoms. The highest BCUT2D eigenvalue weighted by atomic mass is 79.9. The molecular weight excluding hydrogens is 232 g/mol. The molecule has 2 nitrogen and oxygen atoms in total. The number of halogens is 1. The summed E-state index contributed by atoms with van der Waals surface area (Å²) in [7, 11) is 0. The lowest BCUT2D eigenvalue weighted by Gasteiger charge is -2.28. The fraction of sp³-hybridized carbons (Fsp3) is 1.00. The summed E-state index contributed by atoms with van der Waals surface area (Å²) in [5.74, 6) is 0. The van der Waals surface area contributed by atoms with Crippen molar-refractivity contribution in [3.63, 3.8) is 0 Å². The van der Waals surface area contributed by atoms with E-state index in [4.69, 9.17) is 9.47 Å². The molecule has 0 spiro atoms. The zero-order chi connectivity index (χ0) is 9.52. The van der Waals surface area contributed by atoms with Crippen molar-refractivity contribution < 1.29 is 9.47 Å². The van der Waals surface area contributed by atoms with Crippen molar-refractivity contribution in [2.45, 2.75) is 44.8 Å². The van der Waals surface area contributed by atoms with Gasteiger partial charge >= 0.3 is 0 Å². The lowest BCUT2D eigenvalue weighted by Crippen LogP contribution is -2.36. The quantitative estimate of drug-likeness (QED) is 0.552. The Morgan fingerprint density at radius 3 is 2.38 bits per heavy atom. The van der Waals surface area contributed by atoms with Crippen molar-refractivity contribution >= 4 is 15.9 Å². The van der Waals surface area contributed by atoms with Gasteiger partial charge in [-0.1, -0.05) is 42.1 Å². The molecule has 1 fully saturated rings. The van der Waals surface area contributed by atoms with Crippen molar-refractivity contribution in [3.05, 3.63) is 0 Å². The summed E-state index contributed by atoms with van der Waals surface area (Å²) in [6, 6.07) is 0. The molecule has 0 amide bonds. The first kappa shape index (κ1) is 11.5. The van der Waals surface area contributed by atoms with Gasteiger partial charge in [-0.2, -0.15) is 0 Å². The van der Waals surface area contributed by atoms with Crippen molar-refractivity contribution in [1.29, 1.82) is 0 Å². The fourth-order valence-electron chi connectivity index (χ4n) is 1.46. The second kappa shape index (κ2) is 6.80. The van der Waals surface area contributed by atoms with E-state index < -0.39 is 0 Å². The van der Waals surface area contributed by atoms with Gasteiger partial charge in [0.1, 0.15) is 0 Å². The molecule has 1 aliphatic rings. The van der Waals surface area contributed by atoms with Crippen LogP contribution in [0.5, 0.6) is 0 Å². The Balaban J connectivity index is 2.03. The predicted octanol–water partition coefficient (Wildman–Crippen LogP) is 2.75. The largest absolute Gasteiger partial charge is 0.373 e. The molecule has 3 heteroatoms. The fourth-order valence-corrected chi connectivity index (χ4v) is 1.83. The molecule has 1 heterocycles. The van der Waals surface area contributed by atoms with Crippen LogP contribution >= 0.6 is 15.9 Å². The monoisotopic (exact) mass is 250 g/mol. The van der Waals surface area contributed by atoms with E-state index in [2.05, 4.69) is 22.9 Å². The molecule has 2 atom stereocenters. The highest BCUT2D eigenvalue weighted by Crippen LogP contribution is 2.14. The number of hydrogen-bond acceptors (Lipinski definition) is 2. The molecule has 78 valence electrons. The Hall–Kier alpha value is 0.400. The standard InChI is InChI=1S/C10H19BrO2/c1-2-3-4-5-9-7-13-10(6-11)8-12-9/h9-10H,2-8H2,1H3/t9-,10+/m0/s1. The predicted molar refractivity (Wildman–Crippen MR) is 57.4 cm³/mol. The van der Waals surface area contributed by atoms with E-state index >= 15 is 0 Å². The van der Waals surface area contributed by atoms with Crippen molar-refractivity contribution in [1.82, 2.24) is 0 Å². The van der Waals surface area contributed by atoms with Crippen LogP contribution in [0.3, 0.4) is 0 Å². The lowest BCUT2D eigenvalue weighted by molar-refractivity contribution is -0.126. The third-order valence-electron chi connectivity index (χ3n) is 2.34. The van der Waals surface area contributed by atoms with Crippen LogP contribution in [-0.4, -0.2) is 30.8 Å². The van der Waals surface area contributed by atoms with Gasteiger partial charge in [0.2, 0.25) is 0 Å². The number of ether oxygens (including phenoxy) is 2. The molecule has 0 aliphatic carbocycles. The van der Waals surface area contributed by atoms with Gasteiger partial charge in [-0.25, -0.2) is 0 Å². The molecule has 0 aromatic rings. The summed E-state index contributed by atoms with van der Waals surface area (Å²) in [4.78, 5) is 0. The summed E-state index contributed by atoms with van der Waals surface area (Å²) < 4.78 is 11.3. The van der Waals surface area contributed by atoms with Gasteiger partial charge in [0.25, 0.3) is 0 Å². The van der Waals surface area contributed by atoms with Crippen LogP contribution in [0.1, 0.15) is 32.6 Å². The van der Waals surface area contributed by atoms with Crippen LogP contribution < -0.4 is 0 Å². The molecule has 1 rings (SSSR count). The number of hydrogen-bond donors (Lipinski definition) is 0. The minimum absolute atomic E-state index is 0.266. The second-order valence-electron chi connectivity index (χ2n) is 3.56. The molecule has 1 aliphatic heterocycles.